The molecule has 3 aromatic carbocycles. The molecule has 39 heavy (non-hydrogen) atoms. The van der Waals surface area contributed by atoms with Crippen LogP contribution in [-0.4, -0.2) is 44.3 Å². The van der Waals surface area contributed by atoms with Crippen LogP contribution in [0.4, 0.5) is 5.69 Å². The van der Waals surface area contributed by atoms with Crippen LogP contribution in [0.5, 0.6) is 0 Å². The second-order valence-electron chi connectivity index (χ2n) is 8.61. The first-order valence-corrected chi connectivity index (χ1v) is 15.0. The van der Waals surface area contributed by atoms with Gasteiger partial charge in [0.1, 0.15) is 12.6 Å². The topological polar surface area (TPSA) is 86.8 Å². The molecule has 0 aliphatic rings. The third kappa shape index (κ3) is 7.58. The summed E-state index contributed by atoms with van der Waals surface area (Å²) in [7, 11) is -4.26. The lowest BCUT2D eigenvalue weighted by molar-refractivity contribution is -0.139. The van der Waals surface area contributed by atoms with E-state index in [-0.39, 0.29) is 22.2 Å². The minimum absolute atomic E-state index is 0.0317. The molecule has 0 unspecified atom stereocenters. The van der Waals surface area contributed by atoms with Crippen LogP contribution in [0, 0.1) is 0 Å². The number of rotatable bonds is 11. The minimum atomic E-state index is -4.26. The Bertz CT molecular complexity index is 1420. The molecule has 0 fully saturated rings. The summed E-state index contributed by atoms with van der Waals surface area (Å²) in [5.41, 5.74) is 0.475. The lowest BCUT2D eigenvalue weighted by atomic mass is 10.1. The summed E-state index contributed by atoms with van der Waals surface area (Å²) in [5, 5.41) is 3.70. The van der Waals surface area contributed by atoms with Crippen LogP contribution in [-0.2, 0) is 26.2 Å². The Morgan fingerprint density at radius 3 is 2.13 bits per heavy atom. The fourth-order valence-corrected chi connectivity index (χ4v) is 6.28. The summed E-state index contributed by atoms with van der Waals surface area (Å²) in [6.07, 6.45) is 0.695. The fourth-order valence-electron chi connectivity index (χ4n) is 3.75. The van der Waals surface area contributed by atoms with Crippen LogP contribution in [0.2, 0.25) is 20.1 Å². The van der Waals surface area contributed by atoms with Gasteiger partial charge in [0, 0.05) is 33.7 Å². The first kappa shape index (κ1) is 31.0. The van der Waals surface area contributed by atoms with Crippen molar-refractivity contribution in [2.45, 2.75) is 37.8 Å². The third-order valence-electron chi connectivity index (χ3n) is 5.90. The molecule has 12 heteroatoms. The number of nitrogens with zero attached hydrogens (tertiary/aromatic N) is 2. The third-order valence-corrected chi connectivity index (χ3v) is 8.92. The summed E-state index contributed by atoms with van der Waals surface area (Å²) in [6, 6.07) is 15.9. The lowest BCUT2D eigenvalue weighted by Gasteiger charge is -2.32. The van der Waals surface area contributed by atoms with Crippen molar-refractivity contribution in [3.8, 4) is 0 Å². The molecule has 0 aromatic heterocycles. The summed E-state index contributed by atoms with van der Waals surface area (Å²) in [4.78, 5) is 28.1. The standard InChI is InChI=1S/C27H27Cl4N3O4S/c1-3-14-32-27(36)18(2)33(16-21-22(29)10-7-11-23(21)30)26(35)17-34(25-13-12-19(28)15-24(25)31)39(37,38)20-8-5-4-6-9-20/h4-13,15,18H,3,14,16-17H2,1-2H3,(H,32,36)/t18-/m0/s1. The molecule has 2 amide bonds. The minimum Gasteiger partial charge on any atom is -0.354 e. The molecule has 0 bridgehead atoms. The zero-order valence-corrected chi connectivity index (χ0v) is 25.0. The zero-order valence-electron chi connectivity index (χ0n) is 21.2. The van der Waals surface area contributed by atoms with E-state index in [1.54, 1.807) is 43.3 Å². The van der Waals surface area contributed by atoms with E-state index in [2.05, 4.69) is 5.32 Å². The predicted molar refractivity (Wildman–Crippen MR) is 157 cm³/mol. The van der Waals surface area contributed by atoms with Crippen LogP contribution in [0.25, 0.3) is 0 Å². The van der Waals surface area contributed by atoms with Gasteiger partial charge in [-0.2, -0.15) is 0 Å². The summed E-state index contributed by atoms with van der Waals surface area (Å²) in [6.45, 7) is 3.07. The highest BCUT2D eigenvalue weighted by Crippen LogP contribution is 2.33. The molecule has 0 radical (unpaired) electrons. The number of benzene rings is 3. The van der Waals surface area contributed by atoms with Crippen LogP contribution in [0.15, 0.2) is 71.6 Å². The van der Waals surface area contributed by atoms with E-state index in [0.29, 0.717) is 33.6 Å². The van der Waals surface area contributed by atoms with Gasteiger partial charge in [-0.1, -0.05) is 77.6 Å². The van der Waals surface area contributed by atoms with Gasteiger partial charge in [0.15, 0.2) is 0 Å². The maximum absolute atomic E-state index is 13.9. The molecule has 3 aromatic rings. The molecule has 1 atom stereocenters. The number of hydrogen-bond donors (Lipinski definition) is 1. The van der Waals surface area contributed by atoms with Gasteiger partial charge in [-0.15, -0.1) is 0 Å². The first-order chi connectivity index (χ1) is 18.5. The quantitative estimate of drug-likeness (QED) is 0.264. The van der Waals surface area contributed by atoms with Crippen molar-refractivity contribution in [3.63, 3.8) is 0 Å². The Kier molecular flexibility index (Phi) is 10.9. The Hall–Kier alpha value is -2.49. The van der Waals surface area contributed by atoms with E-state index in [1.807, 2.05) is 6.92 Å². The summed E-state index contributed by atoms with van der Waals surface area (Å²) in [5.74, 6) is -1.08. The maximum Gasteiger partial charge on any atom is 0.264 e. The van der Waals surface area contributed by atoms with Gasteiger partial charge in [0.05, 0.1) is 15.6 Å². The molecular formula is C27H27Cl4N3O4S. The molecule has 0 heterocycles. The largest absolute Gasteiger partial charge is 0.354 e. The smallest absolute Gasteiger partial charge is 0.264 e. The first-order valence-electron chi connectivity index (χ1n) is 12.0. The van der Waals surface area contributed by atoms with Crippen molar-refractivity contribution < 1.29 is 18.0 Å². The molecule has 0 aliphatic carbocycles. The molecule has 208 valence electrons. The van der Waals surface area contributed by atoms with E-state index in [4.69, 9.17) is 46.4 Å². The Morgan fingerprint density at radius 2 is 1.54 bits per heavy atom. The van der Waals surface area contributed by atoms with E-state index in [0.717, 1.165) is 4.31 Å². The van der Waals surface area contributed by atoms with E-state index in [1.165, 1.54) is 35.2 Å². The van der Waals surface area contributed by atoms with Crippen LogP contribution in [0.1, 0.15) is 25.8 Å². The predicted octanol–water partition coefficient (Wildman–Crippen LogP) is 6.44. The number of hydrogen-bond acceptors (Lipinski definition) is 4. The molecule has 0 aliphatic heterocycles. The van der Waals surface area contributed by atoms with Crippen molar-refractivity contribution in [2.24, 2.45) is 0 Å². The van der Waals surface area contributed by atoms with Crippen molar-refractivity contribution in [3.05, 3.63) is 92.4 Å². The monoisotopic (exact) mass is 629 g/mol. The average Bonchev–Trinajstić information content (AvgIpc) is 2.90. The van der Waals surface area contributed by atoms with Crippen molar-refractivity contribution in [2.75, 3.05) is 17.4 Å². The maximum atomic E-state index is 13.9. The van der Waals surface area contributed by atoms with Crippen LogP contribution < -0.4 is 9.62 Å². The molecule has 0 saturated heterocycles. The highest BCUT2D eigenvalue weighted by molar-refractivity contribution is 7.92. The Labute approximate surface area is 248 Å². The number of anilines is 1. The van der Waals surface area contributed by atoms with E-state index in [9.17, 15) is 18.0 Å². The highest BCUT2D eigenvalue weighted by atomic mass is 35.5. The summed E-state index contributed by atoms with van der Waals surface area (Å²) < 4.78 is 28.5. The van der Waals surface area contributed by atoms with E-state index < -0.39 is 34.4 Å². The Morgan fingerprint density at radius 1 is 0.897 bits per heavy atom. The van der Waals surface area contributed by atoms with Crippen molar-refractivity contribution in [1.29, 1.82) is 0 Å². The number of sulfonamides is 1. The Balaban J connectivity index is 2.08. The number of nitrogens with one attached hydrogen (secondary N) is 1. The number of amides is 2. The van der Waals surface area contributed by atoms with Gasteiger partial charge >= 0.3 is 0 Å². The zero-order chi connectivity index (χ0) is 28.7. The van der Waals surface area contributed by atoms with Gasteiger partial charge in [-0.05, 0) is 55.8 Å². The van der Waals surface area contributed by atoms with Gasteiger partial charge in [0.2, 0.25) is 11.8 Å². The normalized spacial score (nSPS) is 12.1. The summed E-state index contributed by atoms with van der Waals surface area (Å²) >= 11 is 25.2. The SMILES string of the molecule is CCCNC(=O)[C@H](C)N(Cc1c(Cl)cccc1Cl)C(=O)CN(c1ccc(Cl)cc1Cl)S(=O)(=O)c1ccccc1. The fraction of sp³-hybridized carbons (Fsp3) is 0.259. The lowest BCUT2D eigenvalue weighted by Crippen LogP contribution is -2.51. The second-order valence-corrected chi connectivity index (χ2v) is 12.1. The van der Waals surface area contributed by atoms with Crippen LogP contribution in [0.3, 0.4) is 0 Å². The van der Waals surface area contributed by atoms with Gasteiger partial charge in [0.25, 0.3) is 10.0 Å². The highest BCUT2D eigenvalue weighted by Gasteiger charge is 2.33. The molecule has 3 rings (SSSR count). The molecular weight excluding hydrogens is 604 g/mol. The van der Waals surface area contributed by atoms with Crippen molar-refractivity contribution in [1.82, 2.24) is 10.2 Å². The van der Waals surface area contributed by atoms with Crippen molar-refractivity contribution >= 4 is 73.9 Å². The molecule has 0 spiro atoms. The molecule has 0 saturated carbocycles. The van der Waals surface area contributed by atoms with Gasteiger partial charge in [-0.3, -0.25) is 13.9 Å². The number of carbonyl (C=O) groups excluding carboxylic acids is 2. The second kappa shape index (κ2) is 13.7. The average molecular weight is 631 g/mol. The van der Waals surface area contributed by atoms with E-state index >= 15 is 0 Å². The molecule has 1 N–H and O–H groups in total. The van der Waals surface area contributed by atoms with Gasteiger partial charge < -0.3 is 10.2 Å². The number of halogens is 4. The molecule has 7 nitrogen and oxygen atoms in total. The van der Waals surface area contributed by atoms with Crippen LogP contribution >= 0.6 is 46.4 Å². The number of carbonyl (C=O) groups is 2. The van der Waals surface area contributed by atoms with Gasteiger partial charge in [-0.25, -0.2) is 8.42 Å².